The van der Waals surface area contributed by atoms with Crippen molar-refractivity contribution in [3.8, 4) is 23.0 Å². The van der Waals surface area contributed by atoms with E-state index in [0.29, 0.717) is 89.8 Å². The molecule has 0 radical (unpaired) electrons. The van der Waals surface area contributed by atoms with E-state index in [1.165, 1.54) is 0 Å². The molecule has 1 N–H and O–H groups in total. The number of aromatic hydroxyl groups is 1. The highest BCUT2D eigenvalue weighted by atomic mass is 16.5. The number of nitrogens with zero attached hydrogens (tertiary/aromatic N) is 2. The van der Waals surface area contributed by atoms with Crippen molar-refractivity contribution in [1.82, 2.24) is 0 Å². The second kappa shape index (κ2) is 21.7. The van der Waals surface area contributed by atoms with E-state index in [2.05, 4.69) is 91.7 Å². The minimum Gasteiger partial charge on any atom is -0.507 e. The molecule has 0 heterocycles. The number of fused-ring (bicyclic) bond motifs is 8. The van der Waals surface area contributed by atoms with Gasteiger partial charge in [0.25, 0.3) is 0 Å². The third-order valence-corrected chi connectivity index (χ3v) is 14.0. The molecule has 1 aliphatic carbocycles. The minimum atomic E-state index is -0.554. The average Bonchev–Trinajstić information content (AvgIpc) is 3.40. The molecule has 0 aliphatic heterocycles. The van der Waals surface area contributed by atoms with Gasteiger partial charge in [0.15, 0.2) is 0 Å². The zero-order chi connectivity index (χ0) is 54.8. The summed E-state index contributed by atoms with van der Waals surface area (Å²) in [5, 5.41) is 22.2. The maximum absolute atomic E-state index is 14.6. The van der Waals surface area contributed by atoms with Crippen LogP contribution in [0.1, 0.15) is 160 Å². The van der Waals surface area contributed by atoms with E-state index in [-0.39, 0.29) is 31.4 Å². The van der Waals surface area contributed by atoms with E-state index < -0.39 is 34.2 Å². The molecule has 9 rings (SSSR count). The molecule has 1 aliphatic rings. The lowest BCUT2D eigenvalue weighted by atomic mass is 9.80. The molecule has 0 amide bonds. The molecule has 390 valence electrons. The lowest BCUT2D eigenvalue weighted by molar-refractivity contribution is 0.0722. The molecule has 9 heteroatoms. The van der Waals surface area contributed by atoms with Gasteiger partial charge in [-0.25, -0.2) is 14.4 Å². The molecule has 8 bridgehead atoms. The summed E-state index contributed by atoms with van der Waals surface area (Å²) < 4.78 is 20.0. The van der Waals surface area contributed by atoms with Gasteiger partial charge < -0.3 is 19.3 Å². The summed E-state index contributed by atoms with van der Waals surface area (Å²) in [4.78, 5) is 43.5. The summed E-state index contributed by atoms with van der Waals surface area (Å²) in [7, 11) is 0. The van der Waals surface area contributed by atoms with Gasteiger partial charge in [0, 0.05) is 70.2 Å². The normalized spacial score (nSPS) is 12.8. The molecule has 0 saturated carbocycles. The first-order valence-corrected chi connectivity index (χ1v) is 26.2. The average molecular weight is 1020 g/mol. The van der Waals surface area contributed by atoms with Crippen LogP contribution < -0.4 is 14.2 Å². The van der Waals surface area contributed by atoms with Crippen LogP contribution in [0.15, 0.2) is 174 Å². The lowest BCUT2D eigenvalue weighted by Gasteiger charge is -2.28. The van der Waals surface area contributed by atoms with E-state index in [0.717, 1.165) is 22.3 Å². The second-order valence-corrected chi connectivity index (χ2v) is 23.2. The standard InChI is InChI=1S/C68H66N2O7/c1-42-26-28-57(29-27-42)69-70-58-40-46-30-48-34-54(66(2,3)4)36-50(60(48)75-63(72)43-20-14-11-15-21-43)32-52-38-56(68(8,9)10)39-53(62(52)77-65(74)45-24-18-13-19-25-45)33-51-37-55(67(5,6)7)35-49(31-47(41-58)59(46)71)61(51)76-64(73)44-22-16-12-17-23-44/h11-29,34-41,71H,30-33H2,1-10H3. The summed E-state index contributed by atoms with van der Waals surface area (Å²) in [6.45, 7) is 21.2. The van der Waals surface area contributed by atoms with Gasteiger partial charge >= 0.3 is 17.9 Å². The Kier molecular flexibility index (Phi) is 15.0. The number of hydrogen-bond donors (Lipinski definition) is 1. The third kappa shape index (κ3) is 12.5. The maximum atomic E-state index is 14.6. The van der Waals surface area contributed by atoms with Crippen LogP contribution in [0.2, 0.25) is 0 Å². The summed E-state index contributed by atoms with van der Waals surface area (Å²) in [6, 6.07) is 50.4. The molecule has 0 fully saturated rings. The van der Waals surface area contributed by atoms with Gasteiger partial charge in [-0.05, 0) is 101 Å². The Morgan fingerprint density at radius 2 is 0.649 bits per heavy atom. The van der Waals surface area contributed by atoms with Crippen molar-refractivity contribution in [3.63, 3.8) is 0 Å². The number of ether oxygens (including phenoxy) is 3. The molecule has 8 aromatic rings. The van der Waals surface area contributed by atoms with E-state index >= 15 is 0 Å². The van der Waals surface area contributed by atoms with Gasteiger partial charge in [0.05, 0.1) is 28.1 Å². The largest absolute Gasteiger partial charge is 0.507 e. The van der Waals surface area contributed by atoms with E-state index in [4.69, 9.17) is 19.3 Å². The molecular formula is C68H66N2O7. The van der Waals surface area contributed by atoms with Gasteiger partial charge in [-0.15, -0.1) is 0 Å². The molecule has 0 spiro atoms. The fraction of sp³-hybridized carbons (Fsp3) is 0.250. The first-order valence-electron chi connectivity index (χ1n) is 26.2. The first kappa shape index (κ1) is 53.4. The van der Waals surface area contributed by atoms with Crippen molar-refractivity contribution in [2.24, 2.45) is 10.2 Å². The Labute approximate surface area is 452 Å². The molecule has 77 heavy (non-hydrogen) atoms. The summed E-state index contributed by atoms with van der Waals surface area (Å²) >= 11 is 0. The predicted molar refractivity (Wildman–Crippen MR) is 304 cm³/mol. The smallest absolute Gasteiger partial charge is 0.343 e. The quantitative estimate of drug-likeness (QED) is 0.0913. The van der Waals surface area contributed by atoms with Crippen LogP contribution >= 0.6 is 0 Å². The van der Waals surface area contributed by atoms with Crippen LogP contribution in [0.5, 0.6) is 23.0 Å². The zero-order valence-electron chi connectivity index (χ0n) is 45.7. The molecular weight excluding hydrogens is 957 g/mol. The van der Waals surface area contributed by atoms with Gasteiger partial charge in [-0.3, -0.25) is 0 Å². The summed E-state index contributed by atoms with van der Waals surface area (Å²) in [6.07, 6.45) is 0.530. The van der Waals surface area contributed by atoms with Crippen molar-refractivity contribution >= 4 is 29.3 Å². The minimum absolute atomic E-state index is 0.00706. The monoisotopic (exact) mass is 1020 g/mol. The van der Waals surface area contributed by atoms with Crippen molar-refractivity contribution in [2.75, 3.05) is 0 Å². The highest BCUT2D eigenvalue weighted by molar-refractivity contribution is 5.93. The fourth-order valence-electron chi connectivity index (χ4n) is 9.54. The van der Waals surface area contributed by atoms with E-state index in [9.17, 15) is 19.5 Å². The number of aryl methyl sites for hydroxylation is 1. The Bertz CT molecular complexity index is 3370. The molecule has 9 nitrogen and oxygen atoms in total. The Morgan fingerprint density at radius 3 is 0.935 bits per heavy atom. The van der Waals surface area contributed by atoms with Crippen LogP contribution in [-0.2, 0) is 41.9 Å². The number of esters is 3. The zero-order valence-corrected chi connectivity index (χ0v) is 45.7. The van der Waals surface area contributed by atoms with Gasteiger partial charge in [-0.1, -0.05) is 171 Å². The van der Waals surface area contributed by atoms with Crippen LogP contribution in [0.25, 0.3) is 0 Å². The number of rotatable bonds is 8. The third-order valence-electron chi connectivity index (χ3n) is 14.0. The molecule has 0 atom stereocenters. The second-order valence-electron chi connectivity index (χ2n) is 23.2. The number of carbonyl (C=O) groups is 3. The molecule has 8 aromatic carbocycles. The van der Waals surface area contributed by atoms with Crippen molar-refractivity contribution in [1.29, 1.82) is 0 Å². The topological polar surface area (TPSA) is 124 Å². The van der Waals surface area contributed by atoms with Gasteiger partial charge in [-0.2, -0.15) is 10.2 Å². The molecule has 0 saturated heterocycles. The van der Waals surface area contributed by atoms with E-state index in [1.807, 2.05) is 73.7 Å². The SMILES string of the molecule is Cc1ccc(N=Nc2cc3c(O)c(c2)Cc2cc(C(C)(C)C)cc(c2OC(=O)c2ccccc2)Cc2cc(C(C)(C)C)cc(c2OC(=O)c2ccccc2)Cc2cc(C(C)(C)C)cc(c2OC(=O)c2ccccc2)C3)cc1. The van der Waals surface area contributed by atoms with Crippen LogP contribution in [0.3, 0.4) is 0 Å². The number of phenols is 1. The van der Waals surface area contributed by atoms with Crippen molar-refractivity contribution in [3.05, 3.63) is 247 Å². The Hall–Kier alpha value is -8.43. The van der Waals surface area contributed by atoms with Crippen molar-refractivity contribution in [2.45, 2.75) is 111 Å². The van der Waals surface area contributed by atoms with Crippen LogP contribution in [0, 0.1) is 6.92 Å². The Balaban J connectivity index is 1.38. The number of benzene rings is 8. The number of azo groups is 1. The first-order chi connectivity index (χ1) is 36.6. The van der Waals surface area contributed by atoms with Gasteiger partial charge in [0.1, 0.15) is 23.0 Å². The lowest BCUT2D eigenvalue weighted by Crippen LogP contribution is -2.19. The van der Waals surface area contributed by atoms with Crippen LogP contribution in [0.4, 0.5) is 11.4 Å². The fourth-order valence-corrected chi connectivity index (χ4v) is 9.54. The van der Waals surface area contributed by atoms with Gasteiger partial charge in [0.2, 0.25) is 0 Å². The molecule has 0 aromatic heterocycles. The Morgan fingerprint density at radius 1 is 0.377 bits per heavy atom. The highest BCUT2D eigenvalue weighted by Crippen LogP contribution is 2.45. The summed E-state index contributed by atoms with van der Waals surface area (Å²) in [5.41, 5.74) is 10.0. The van der Waals surface area contributed by atoms with Crippen LogP contribution in [-0.4, -0.2) is 23.0 Å². The predicted octanol–water partition coefficient (Wildman–Crippen LogP) is 16.3. The summed E-state index contributed by atoms with van der Waals surface area (Å²) in [5.74, 6) is -0.655. The molecule has 0 unspecified atom stereocenters. The number of hydrogen-bond acceptors (Lipinski definition) is 9. The van der Waals surface area contributed by atoms with Crippen molar-refractivity contribution < 1.29 is 33.7 Å². The number of phenolic OH excluding ortho intramolecular Hbond substituents is 1. The van der Waals surface area contributed by atoms with E-state index in [1.54, 1.807) is 72.8 Å². The maximum Gasteiger partial charge on any atom is 0.343 e. The highest BCUT2D eigenvalue weighted by Gasteiger charge is 2.30. The number of carbonyl (C=O) groups excluding carboxylic acids is 3.